The minimum absolute atomic E-state index is 0.124. The quantitative estimate of drug-likeness (QED) is 0.473. The summed E-state index contributed by atoms with van der Waals surface area (Å²) in [4.78, 5) is 16.6. The van der Waals surface area contributed by atoms with E-state index in [0.717, 1.165) is 28.2 Å². The Morgan fingerprint density at radius 3 is 2.55 bits per heavy atom. The molecule has 6 nitrogen and oxygen atoms in total. The molecule has 158 valence electrons. The highest BCUT2D eigenvalue weighted by Gasteiger charge is 2.16. The Morgan fingerprint density at radius 1 is 1.13 bits per heavy atom. The van der Waals surface area contributed by atoms with Gasteiger partial charge < -0.3 is 9.88 Å². The number of hydrogen-bond acceptors (Lipinski definition) is 3. The maximum atomic E-state index is 13.0. The van der Waals surface area contributed by atoms with Gasteiger partial charge in [-0.25, -0.2) is 9.37 Å². The van der Waals surface area contributed by atoms with E-state index in [0.29, 0.717) is 18.1 Å². The minimum atomic E-state index is -0.317. The van der Waals surface area contributed by atoms with Crippen LogP contribution in [0.1, 0.15) is 5.56 Å². The molecule has 31 heavy (non-hydrogen) atoms. The van der Waals surface area contributed by atoms with Gasteiger partial charge in [0.1, 0.15) is 11.5 Å². The van der Waals surface area contributed by atoms with E-state index in [1.54, 1.807) is 23.0 Å². The summed E-state index contributed by atoms with van der Waals surface area (Å²) in [5.74, 6) is 0.313. The fraction of sp³-hybridized carbons (Fsp3) is 0.174. The van der Waals surface area contributed by atoms with Crippen molar-refractivity contribution in [1.29, 1.82) is 0 Å². The van der Waals surface area contributed by atoms with Crippen LogP contribution in [-0.2, 0) is 24.8 Å². The number of rotatable bonds is 7. The predicted octanol–water partition coefficient (Wildman–Crippen LogP) is 4.10. The molecule has 0 unspecified atom stereocenters. The molecule has 0 aliphatic heterocycles. The van der Waals surface area contributed by atoms with E-state index >= 15 is 0 Å². The van der Waals surface area contributed by atoms with Gasteiger partial charge in [0.05, 0.1) is 13.0 Å². The molecule has 1 N–H and O–H groups in total. The second-order valence-corrected chi connectivity index (χ2v) is 7.61. The van der Waals surface area contributed by atoms with Crippen molar-refractivity contribution in [1.82, 2.24) is 24.6 Å². The topological polar surface area (TPSA) is 64.7 Å². The van der Waals surface area contributed by atoms with E-state index in [1.807, 2.05) is 48.3 Å². The SMILES string of the molecule is Cn1ccnc1-c1nn(CCNC(=O)Cc2ccc(F)cc2)cc1-c1ccc(Cl)cc1. The van der Waals surface area contributed by atoms with Gasteiger partial charge in [-0.1, -0.05) is 35.9 Å². The van der Waals surface area contributed by atoms with E-state index < -0.39 is 0 Å². The Hall–Kier alpha value is -3.45. The lowest BCUT2D eigenvalue weighted by Gasteiger charge is -2.06. The van der Waals surface area contributed by atoms with Gasteiger partial charge in [-0.05, 0) is 35.4 Å². The number of halogens is 2. The zero-order chi connectivity index (χ0) is 21.8. The first kappa shape index (κ1) is 20.8. The molecule has 1 amide bonds. The number of amides is 1. The zero-order valence-corrected chi connectivity index (χ0v) is 17.7. The largest absolute Gasteiger partial charge is 0.354 e. The van der Waals surface area contributed by atoms with Crippen LogP contribution >= 0.6 is 11.6 Å². The Bertz CT molecular complexity index is 1180. The Balaban J connectivity index is 1.47. The third-order valence-electron chi connectivity index (χ3n) is 4.89. The number of imidazole rings is 1. The van der Waals surface area contributed by atoms with Gasteiger partial charge in [0.15, 0.2) is 5.82 Å². The molecular formula is C23H21ClFN5O. The lowest BCUT2D eigenvalue weighted by molar-refractivity contribution is -0.120. The summed E-state index contributed by atoms with van der Waals surface area (Å²) in [6.45, 7) is 0.919. The van der Waals surface area contributed by atoms with Crippen molar-refractivity contribution in [3.8, 4) is 22.6 Å². The molecule has 2 heterocycles. The first-order valence-corrected chi connectivity index (χ1v) is 10.2. The second kappa shape index (κ2) is 9.14. The summed E-state index contributed by atoms with van der Waals surface area (Å²) in [6.07, 6.45) is 5.75. The molecule has 0 fully saturated rings. The van der Waals surface area contributed by atoms with E-state index in [-0.39, 0.29) is 18.1 Å². The van der Waals surface area contributed by atoms with Crippen molar-refractivity contribution < 1.29 is 9.18 Å². The van der Waals surface area contributed by atoms with Gasteiger partial charge in [0.25, 0.3) is 0 Å². The Labute approximate surface area is 184 Å². The van der Waals surface area contributed by atoms with Gasteiger partial charge in [-0.2, -0.15) is 5.10 Å². The molecule has 8 heteroatoms. The number of benzene rings is 2. The molecular weight excluding hydrogens is 417 g/mol. The van der Waals surface area contributed by atoms with E-state index in [2.05, 4.69) is 10.3 Å². The summed E-state index contributed by atoms with van der Waals surface area (Å²) in [5, 5.41) is 8.26. The van der Waals surface area contributed by atoms with Crippen LogP contribution in [0.4, 0.5) is 4.39 Å². The van der Waals surface area contributed by atoms with Crippen LogP contribution < -0.4 is 5.32 Å². The minimum Gasteiger partial charge on any atom is -0.354 e. The van der Waals surface area contributed by atoms with Gasteiger partial charge in [0, 0.05) is 42.8 Å². The third kappa shape index (κ3) is 5.00. The van der Waals surface area contributed by atoms with E-state index in [1.165, 1.54) is 12.1 Å². The molecule has 0 aliphatic rings. The Kier molecular flexibility index (Phi) is 6.13. The molecule has 0 atom stereocenters. The smallest absolute Gasteiger partial charge is 0.224 e. The highest BCUT2D eigenvalue weighted by molar-refractivity contribution is 6.30. The normalized spacial score (nSPS) is 10.9. The summed E-state index contributed by atoms with van der Waals surface area (Å²) in [7, 11) is 1.92. The molecule has 0 saturated carbocycles. The van der Waals surface area contributed by atoms with Crippen molar-refractivity contribution in [2.45, 2.75) is 13.0 Å². The van der Waals surface area contributed by atoms with Crippen molar-refractivity contribution >= 4 is 17.5 Å². The molecule has 0 aliphatic carbocycles. The molecule has 2 aromatic heterocycles. The highest BCUT2D eigenvalue weighted by Crippen LogP contribution is 2.30. The number of aryl methyl sites for hydroxylation is 1. The van der Waals surface area contributed by atoms with Crippen molar-refractivity contribution in [3.05, 3.63) is 83.5 Å². The number of nitrogens with zero attached hydrogens (tertiary/aromatic N) is 4. The van der Waals surface area contributed by atoms with Crippen LogP contribution in [-0.4, -0.2) is 31.8 Å². The first-order chi connectivity index (χ1) is 15.0. The zero-order valence-electron chi connectivity index (χ0n) is 16.9. The lowest BCUT2D eigenvalue weighted by Crippen LogP contribution is -2.28. The van der Waals surface area contributed by atoms with Crippen molar-refractivity contribution in [2.24, 2.45) is 7.05 Å². The van der Waals surface area contributed by atoms with Crippen LogP contribution in [0.25, 0.3) is 22.6 Å². The first-order valence-electron chi connectivity index (χ1n) is 9.82. The number of aromatic nitrogens is 4. The van der Waals surface area contributed by atoms with Crippen molar-refractivity contribution in [3.63, 3.8) is 0 Å². The van der Waals surface area contributed by atoms with Gasteiger partial charge >= 0.3 is 0 Å². The van der Waals surface area contributed by atoms with Gasteiger partial charge in [-0.15, -0.1) is 0 Å². The molecule has 4 aromatic rings. The van der Waals surface area contributed by atoms with Crippen LogP contribution in [0.3, 0.4) is 0 Å². The van der Waals surface area contributed by atoms with E-state index in [9.17, 15) is 9.18 Å². The fourth-order valence-electron chi connectivity index (χ4n) is 3.30. The second-order valence-electron chi connectivity index (χ2n) is 7.18. The average Bonchev–Trinajstić information content (AvgIpc) is 3.36. The maximum Gasteiger partial charge on any atom is 0.224 e. The van der Waals surface area contributed by atoms with E-state index in [4.69, 9.17) is 16.7 Å². The fourth-order valence-corrected chi connectivity index (χ4v) is 3.42. The Morgan fingerprint density at radius 2 is 1.87 bits per heavy atom. The van der Waals surface area contributed by atoms with Gasteiger partial charge in [-0.3, -0.25) is 9.48 Å². The summed E-state index contributed by atoms with van der Waals surface area (Å²) >= 11 is 6.04. The van der Waals surface area contributed by atoms with Crippen LogP contribution in [0, 0.1) is 5.82 Å². The molecule has 0 radical (unpaired) electrons. The van der Waals surface area contributed by atoms with Crippen molar-refractivity contribution in [2.75, 3.05) is 6.54 Å². The molecule has 0 bridgehead atoms. The summed E-state index contributed by atoms with van der Waals surface area (Å²) in [6, 6.07) is 13.5. The molecule has 0 spiro atoms. The number of carbonyl (C=O) groups excluding carboxylic acids is 1. The molecule has 0 saturated heterocycles. The number of hydrogen-bond donors (Lipinski definition) is 1. The molecule has 4 rings (SSSR count). The average molecular weight is 438 g/mol. The predicted molar refractivity (Wildman–Crippen MR) is 118 cm³/mol. The maximum absolute atomic E-state index is 13.0. The summed E-state index contributed by atoms with van der Waals surface area (Å²) in [5.41, 5.74) is 3.44. The highest BCUT2D eigenvalue weighted by atomic mass is 35.5. The van der Waals surface area contributed by atoms with Crippen LogP contribution in [0.15, 0.2) is 67.1 Å². The lowest BCUT2D eigenvalue weighted by atomic mass is 10.1. The van der Waals surface area contributed by atoms with Gasteiger partial charge in [0.2, 0.25) is 5.91 Å². The van der Waals surface area contributed by atoms with Crippen LogP contribution in [0.2, 0.25) is 5.02 Å². The van der Waals surface area contributed by atoms with Crippen LogP contribution in [0.5, 0.6) is 0 Å². The number of carbonyl (C=O) groups is 1. The molecule has 2 aromatic carbocycles. The third-order valence-corrected chi connectivity index (χ3v) is 5.14. The standard InChI is InChI=1S/C23H21ClFN5O/c1-29-12-10-27-23(29)22-20(17-4-6-18(24)7-5-17)15-30(28-22)13-11-26-21(31)14-16-2-8-19(25)9-3-16/h2-10,12,15H,11,13-14H2,1H3,(H,26,31). The number of nitrogens with one attached hydrogen (secondary N) is 1. The summed E-state index contributed by atoms with van der Waals surface area (Å²) < 4.78 is 16.7. The monoisotopic (exact) mass is 437 g/mol.